The van der Waals surface area contributed by atoms with Gasteiger partial charge in [0.2, 0.25) is 0 Å². The van der Waals surface area contributed by atoms with E-state index in [1.807, 2.05) is 13.8 Å². The molecule has 0 saturated carbocycles. The summed E-state index contributed by atoms with van der Waals surface area (Å²) in [6.07, 6.45) is 3.48. The van der Waals surface area contributed by atoms with Crippen LogP contribution in [-0.4, -0.2) is 31.1 Å². The van der Waals surface area contributed by atoms with Crippen LogP contribution in [0.1, 0.15) is 43.4 Å². The van der Waals surface area contributed by atoms with Crippen molar-refractivity contribution in [2.24, 2.45) is 5.73 Å². The van der Waals surface area contributed by atoms with Gasteiger partial charge in [-0.2, -0.15) is 0 Å². The van der Waals surface area contributed by atoms with Gasteiger partial charge in [0.25, 0.3) is 0 Å². The van der Waals surface area contributed by atoms with E-state index >= 15 is 0 Å². The van der Waals surface area contributed by atoms with Gasteiger partial charge < -0.3 is 10.5 Å². The van der Waals surface area contributed by atoms with Gasteiger partial charge >= 0.3 is 0 Å². The highest BCUT2D eigenvalue weighted by molar-refractivity contribution is 6.31. The van der Waals surface area contributed by atoms with E-state index in [9.17, 15) is 0 Å². The summed E-state index contributed by atoms with van der Waals surface area (Å²) in [4.78, 5) is 2.51. The van der Waals surface area contributed by atoms with Crippen molar-refractivity contribution < 1.29 is 4.74 Å². The minimum Gasteiger partial charge on any atom is -0.494 e. The summed E-state index contributed by atoms with van der Waals surface area (Å²) in [5.41, 5.74) is 8.08. The Labute approximate surface area is 127 Å². The lowest BCUT2D eigenvalue weighted by Gasteiger charge is -2.29. The third-order valence-corrected chi connectivity index (χ3v) is 4.38. The number of aryl methyl sites for hydroxylation is 1. The smallest absolute Gasteiger partial charge is 0.124 e. The Balaban J connectivity index is 2.36. The van der Waals surface area contributed by atoms with E-state index in [4.69, 9.17) is 22.1 Å². The SMILES string of the molecule is CCOc1cc(C)c(Cl)cc1C(CCN)N1CCCC1. The Morgan fingerprint density at radius 1 is 1.35 bits per heavy atom. The summed E-state index contributed by atoms with van der Waals surface area (Å²) in [6, 6.07) is 4.45. The molecule has 0 radical (unpaired) electrons. The number of benzene rings is 1. The third kappa shape index (κ3) is 3.46. The molecule has 2 rings (SSSR count). The van der Waals surface area contributed by atoms with Crippen molar-refractivity contribution in [2.75, 3.05) is 26.2 Å². The molecule has 0 spiro atoms. The predicted octanol–water partition coefficient (Wildman–Crippen LogP) is 3.53. The molecule has 1 aliphatic heterocycles. The molecule has 0 aliphatic carbocycles. The molecule has 1 aromatic carbocycles. The lowest BCUT2D eigenvalue weighted by atomic mass is 9.99. The molecular weight excluding hydrogens is 272 g/mol. The van der Waals surface area contributed by atoms with Crippen LogP contribution < -0.4 is 10.5 Å². The summed E-state index contributed by atoms with van der Waals surface area (Å²) in [5, 5.41) is 0.810. The monoisotopic (exact) mass is 296 g/mol. The lowest BCUT2D eigenvalue weighted by Crippen LogP contribution is -2.28. The molecule has 1 aliphatic rings. The quantitative estimate of drug-likeness (QED) is 0.873. The van der Waals surface area contributed by atoms with Crippen molar-refractivity contribution in [1.29, 1.82) is 0 Å². The van der Waals surface area contributed by atoms with Crippen LogP contribution in [0.2, 0.25) is 5.02 Å². The molecule has 1 saturated heterocycles. The number of hydrogen-bond donors (Lipinski definition) is 1. The molecule has 1 aromatic rings. The molecule has 3 nitrogen and oxygen atoms in total. The zero-order chi connectivity index (χ0) is 14.5. The maximum atomic E-state index is 6.33. The van der Waals surface area contributed by atoms with Crippen LogP contribution in [-0.2, 0) is 0 Å². The molecule has 1 heterocycles. The van der Waals surface area contributed by atoms with Crippen LogP contribution in [0.15, 0.2) is 12.1 Å². The first-order valence-electron chi connectivity index (χ1n) is 7.54. The Morgan fingerprint density at radius 2 is 2.05 bits per heavy atom. The van der Waals surface area contributed by atoms with Crippen LogP contribution in [0.5, 0.6) is 5.75 Å². The molecule has 0 amide bonds. The van der Waals surface area contributed by atoms with E-state index in [0.29, 0.717) is 19.2 Å². The van der Waals surface area contributed by atoms with Crippen LogP contribution in [0.25, 0.3) is 0 Å². The second kappa shape index (κ2) is 7.30. The molecule has 0 bridgehead atoms. The van der Waals surface area contributed by atoms with Crippen molar-refractivity contribution >= 4 is 11.6 Å². The van der Waals surface area contributed by atoms with Crippen LogP contribution >= 0.6 is 11.6 Å². The standard InChI is InChI=1S/C16H25ClN2O/c1-3-20-16-10-12(2)14(17)11-13(16)15(6-7-18)19-8-4-5-9-19/h10-11,15H,3-9,18H2,1-2H3. The van der Waals surface area contributed by atoms with Gasteiger partial charge in [-0.15, -0.1) is 0 Å². The van der Waals surface area contributed by atoms with Crippen LogP contribution in [0.4, 0.5) is 0 Å². The van der Waals surface area contributed by atoms with Crippen molar-refractivity contribution in [3.63, 3.8) is 0 Å². The highest BCUT2D eigenvalue weighted by Gasteiger charge is 2.26. The highest BCUT2D eigenvalue weighted by atomic mass is 35.5. The largest absolute Gasteiger partial charge is 0.494 e. The maximum Gasteiger partial charge on any atom is 0.124 e. The normalized spacial score (nSPS) is 17.4. The average molecular weight is 297 g/mol. The van der Waals surface area contributed by atoms with Crippen LogP contribution in [0, 0.1) is 6.92 Å². The average Bonchev–Trinajstić information content (AvgIpc) is 2.94. The highest BCUT2D eigenvalue weighted by Crippen LogP contribution is 2.37. The summed E-state index contributed by atoms with van der Waals surface area (Å²) < 4.78 is 5.83. The van der Waals surface area contributed by atoms with Gasteiger partial charge in [-0.05, 0) is 70.4 Å². The number of rotatable bonds is 6. The van der Waals surface area contributed by atoms with Gasteiger partial charge in [-0.3, -0.25) is 4.90 Å². The molecule has 1 atom stereocenters. The maximum absolute atomic E-state index is 6.33. The summed E-state index contributed by atoms with van der Waals surface area (Å²) in [5.74, 6) is 0.958. The minimum atomic E-state index is 0.321. The van der Waals surface area contributed by atoms with Gasteiger partial charge in [-0.1, -0.05) is 11.6 Å². The number of likely N-dealkylation sites (tertiary alicyclic amines) is 1. The fourth-order valence-corrected chi connectivity index (χ4v) is 3.13. The Kier molecular flexibility index (Phi) is 5.70. The number of halogens is 1. The Bertz CT molecular complexity index is 444. The van der Waals surface area contributed by atoms with Crippen molar-refractivity contribution in [3.8, 4) is 5.75 Å². The van der Waals surface area contributed by atoms with Gasteiger partial charge in [0.05, 0.1) is 6.61 Å². The van der Waals surface area contributed by atoms with E-state index in [0.717, 1.165) is 35.8 Å². The summed E-state index contributed by atoms with van der Waals surface area (Å²) in [6.45, 7) is 7.66. The number of nitrogens with two attached hydrogens (primary N) is 1. The fourth-order valence-electron chi connectivity index (χ4n) is 2.96. The molecule has 1 fully saturated rings. The second-order valence-corrected chi connectivity index (χ2v) is 5.82. The Morgan fingerprint density at radius 3 is 2.65 bits per heavy atom. The van der Waals surface area contributed by atoms with Gasteiger partial charge in [0, 0.05) is 16.6 Å². The van der Waals surface area contributed by atoms with E-state index in [2.05, 4.69) is 17.0 Å². The van der Waals surface area contributed by atoms with E-state index < -0.39 is 0 Å². The first kappa shape index (κ1) is 15.6. The van der Waals surface area contributed by atoms with Crippen LogP contribution in [0.3, 0.4) is 0 Å². The molecule has 2 N–H and O–H groups in total. The van der Waals surface area contributed by atoms with Gasteiger partial charge in [0.1, 0.15) is 5.75 Å². The second-order valence-electron chi connectivity index (χ2n) is 5.41. The Hall–Kier alpha value is -0.770. The van der Waals surface area contributed by atoms with Gasteiger partial charge in [-0.25, -0.2) is 0 Å². The zero-order valence-corrected chi connectivity index (χ0v) is 13.2. The summed E-state index contributed by atoms with van der Waals surface area (Å²) in [7, 11) is 0. The summed E-state index contributed by atoms with van der Waals surface area (Å²) >= 11 is 6.33. The first-order chi connectivity index (χ1) is 9.67. The lowest BCUT2D eigenvalue weighted by molar-refractivity contribution is 0.227. The van der Waals surface area contributed by atoms with Crippen molar-refractivity contribution in [3.05, 3.63) is 28.3 Å². The van der Waals surface area contributed by atoms with Gasteiger partial charge in [0.15, 0.2) is 0 Å². The predicted molar refractivity (Wildman–Crippen MR) is 84.6 cm³/mol. The number of nitrogens with zero attached hydrogens (tertiary/aromatic N) is 1. The molecule has 4 heteroatoms. The topological polar surface area (TPSA) is 38.5 Å². The van der Waals surface area contributed by atoms with E-state index in [1.165, 1.54) is 18.4 Å². The minimum absolute atomic E-state index is 0.321. The molecule has 1 unspecified atom stereocenters. The van der Waals surface area contributed by atoms with Crippen molar-refractivity contribution in [2.45, 2.75) is 39.2 Å². The molecule has 112 valence electrons. The fraction of sp³-hybridized carbons (Fsp3) is 0.625. The number of hydrogen-bond acceptors (Lipinski definition) is 3. The third-order valence-electron chi connectivity index (χ3n) is 3.97. The zero-order valence-electron chi connectivity index (χ0n) is 12.5. The first-order valence-corrected chi connectivity index (χ1v) is 7.92. The molecule has 0 aromatic heterocycles. The molecule has 20 heavy (non-hydrogen) atoms. The van der Waals surface area contributed by atoms with E-state index in [-0.39, 0.29) is 0 Å². The van der Waals surface area contributed by atoms with Crippen molar-refractivity contribution in [1.82, 2.24) is 4.90 Å². The van der Waals surface area contributed by atoms with E-state index in [1.54, 1.807) is 0 Å². The number of ether oxygens (including phenoxy) is 1. The molecular formula is C16H25ClN2O.